The Morgan fingerprint density at radius 2 is 1.73 bits per heavy atom. The molecule has 8 unspecified atom stereocenters. The number of ketones is 4. The van der Waals surface area contributed by atoms with E-state index in [-0.39, 0.29) is 11.3 Å². The van der Waals surface area contributed by atoms with Gasteiger partial charge in [0.2, 0.25) is 5.91 Å². The normalized spacial score (nSPS) is 33.6. The SMILES string of the molecule is CC(C)CCCC(C)(C)c1ccc2c(c1O)C(=O)C1C(=O)C3(O)C(=O)C(C(N)=O)C(=O)C(N(C)C)C3C(O)C1C2C. The molecule has 224 valence electrons. The molecule has 0 spiro atoms. The Kier molecular flexibility index (Phi) is 7.86. The maximum Gasteiger partial charge on any atom is 0.235 e. The number of carbonyl (C=O) groups is 5. The highest BCUT2D eigenvalue weighted by Crippen LogP contribution is 2.55. The van der Waals surface area contributed by atoms with Gasteiger partial charge in [-0.05, 0) is 43.3 Å². The number of hydrogen-bond acceptors (Lipinski definition) is 9. The van der Waals surface area contributed by atoms with E-state index in [1.807, 2.05) is 13.8 Å². The summed E-state index contributed by atoms with van der Waals surface area (Å²) in [6.45, 7) is 9.92. The third-order valence-electron chi connectivity index (χ3n) is 9.80. The van der Waals surface area contributed by atoms with Crippen LogP contribution in [-0.4, -0.2) is 81.1 Å². The number of benzene rings is 1. The van der Waals surface area contributed by atoms with Gasteiger partial charge in [0.15, 0.2) is 34.7 Å². The van der Waals surface area contributed by atoms with Crippen LogP contribution in [0, 0.1) is 29.6 Å². The van der Waals surface area contributed by atoms with E-state index >= 15 is 0 Å². The van der Waals surface area contributed by atoms with Gasteiger partial charge in [0, 0.05) is 11.5 Å². The maximum absolute atomic E-state index is 14.1. The third-order valence-corrected chi connectivity index (χ3v) is 9.80. The molecule has 1 aromatic rings. The number of phenolic OH excluding ortho intramolecular Hbond substituents is 1. The van der Waals surface area contributed by atoms with Gasteiger partial charge in [0.25, 0.3) is 0 Å². The second-order valence-corrected chi connectivity index (χ2v) is 13.5. The van der Waals surface area contributed by atoms with Crippen molar-refractivity contribution >= 4 is 29.0 Å². The molecule has 10 heteroatoms. The minimum absolute atomic E-state index is 0.0641. The smallest absolute Gasteiger partial charge is 0.235 e. The molecular weight excluding hydrogens is 528 g/mol. The number of Topliss-reactive ketones (excluding diaryl/α,β-unsaturated/α-hetero) is 4. The standard InChI is InChI=1S/C31H42N2O8/c1-13(2)9-8-12-30(4,5)16-11-10-15-14(3)17-19(24(35)18(15)23(16)34)27(38)31(41)21(25(17)36)22(33(6)7)26(37)20(28(31)39)29(32)40/h10-11,13-14,17,19-22,25,34,36,41H,8-9,12H2,1-7H3,(H2,32,40). The number of aliphatic hydroxyl groups is 2. The zero-order valence-electron chi connectivity index (χ0n) is 24.8. The van der Waals surface area contributed by atoms with Crippen molar-refractivity contribution in [3.05, 3.63) is 28.8 Å². The third kappa shape index (κ3) is 4.46. The number of amides is 1. The van der Waals surface area contributed by atoms with Crippen LogP contribution in [0.3, 0.4) is 0 Å². The Hall–Kier alpha value is -2.95. The number of phenols is 1. The number of primary amides is 1. The van der Waals surface area contributed by atoms with Crippen molar-refractivity contribution in [2.24, 2.45) is 35.3 Å². The largest absolute Gasteiger partial charge is 0.507 e. The molecule has 0 aromatic heterocycles. The number of nitrogens with two attached hydrogens (primary N) is 1. The van der Waals surface area contributed by atoms with Crippen molar-refractivity contribution in [3.63, 3.8) is 0 Å². The first-order valence-electron chi connectivity index (χ1n) is 14.3. The van der Waals surface area contributed by atoms with E-state index in [1.165, 1.54) is 19.0 Å². The lowest BCUT2D eigenvalue weighted by molar-refractivity contribution is -0.196. The molecule has 1 aromatic carbocycles. The Labute approximate surface area is 240 Å². The van der Waals surface area contributed by atoms with E-state index in [9.17, 15) is 39.3 Å². The average molecular weight is 571 g/mol. The topological polar surface area (TPSA) is 175 Å². The molecule has 1 amide bonds. The molecule has 10 nitrogen and oxygen atoms in total. The summed E-state index contributed by atoms with van der Waals surface area (Å²) in [4.78, 5) is 68.5. The quantitative estimate of drug-likeness (QED) is 0.354. The summed E-state index contributed by atoms with van der Waals surface area (Å²) in [5.74, 6) is -12.5. The first kappa shape index (κ1) is 31.0. The molecule has 3 aliphatic rings. The van der Waals surface area contributed by atoms with Gasteiger partial charge in [-0.2, -0.15) is 0 Å². The molecule has 2 saturated carbocycles. The second-order valence-electron chi connectivity index (χ2n) is 13.5. The maximum atomic E-state index is 14.1. The van der Waals surface area contributed by atoms with Crippen LogP contribution in [0.25, 0.3) is 0 Å². The zero-order chi connectivity index (χ0) is 30.9. The lowest BCUT2D eigenvalue weighted by Crippen LogP contribution is -2.77. The Morgan fingerprint density at radius 1 is 1.12 bits per heavy atom. The average Bonchev–Trinajstić information content (AvgIpc) is 2.85. The number of rotatable bonds is 7. The lowest BCUT2D eigenvalue weighted by atomic mass is 9.49. The first-order valence-corrected chi connectivity index (χ1v) is 14.3. The van der Waals surface area contributed by atoms with Crippen LogP contribution in [-0.2, 0) is 24.6 Å². The van der Waals surface area contributed by atoms with Crippen LogP contribution < -0.4 is 5.73 Å². The molecule has 0 bridgehead atoms. The Morgan fingerprint density at radius 3 is 2.27 bits per heavy atom. The summed E-state index contributed by atoms with van der Waals surface area (Å²) in [5.41, 5.74) is 2.78. The predicted octanol–water partition coefficient (Wildman–Crippen LogP) is 1.50. The number of nitrogens with zero attached hydrogens (tertiary/aromatic N) is 1. The number of likely N-dealkylation sites (N-methyl/N-ethyl adjacent to an activating group) is 1. The highest BCUT2D eigenvalue weighted by Gasteiger charge is 2.72. The van der Waals surface area contributed by atoms with Crippen molar-refractivity contribution in [2.75, 3.05) is 14.1 Å². The molecule has 0 aliphatic heterocycles. The summed E-state index contributed by atoms with van der Waals surface area (Å²) in [7, 11) is 2.93. The van der Waals surface area contributed by atoms with Crippen LogP contribution >= 0.6 is 0 Å². The van der Waals surface area contributed by atoms with Gasteiger partial charge in [-0.1, -0.05) is 59.6 Å². The highest BCUT2D eigenvalue weighted by molar-refractivity contribution is 6.32. The molecule has 2 fully saturated rings. The van der Waals surface area contributed by atoms with Gasteiger partial charge in [-0.15, -0.1) is 0 Å². The van der Waals surface area contributed by atoms with Gasteiger partial charge in [-0.25, -0.2) is 0 Å². The first-order chi connectivity index (χ1) is 18.9. The fraction of sp³-hybridized carbons (Fsp3) is 0.645. The summed E-state index contributed by atoms with van der Waals surface area (Å²) in [6, 6.07) is 2.12. The zero-order valence-corrected chi connectivity index (χ0v) is 24.8. The van der Waals surface area contributed by atoms with Gasteiger partial charge in [-0.3, -0.25) is 28.9 Å². The van der Waals surface area contributed by atoms with Crippen molar-refractivity contribution in [3.8, 4) is 5.75 Å². The number of aromatic hydroxyl groups is 1. The fourth-order valence-electron chi connectivity index (χ4n) is 7.62. The molecule has 8 atom stereocenters. The van der Waals surface area contributed by atoms with Crippen molar-refractivity contribution in [1.82, 2.24) is 4.90 Å². The number of hydrogen-bond donors (Lipinski definition) is 4. The fourth-order valence-corrected chi connectivity index (χ4v) is 7.62. The van der Waals surface area contributed by atoms with E-state index < -0.39 is 81.8 Å². The van der Waals surface area contributed by atoms with Gasteiger partial charge in [0.1, 0.15) is 5.75 Å². The molecule has 4 rings (SSSR count). The van der Waals surface area contributed by atoms with Crippen LogP contribution in [0.15, 0.2) is 12.1 Å². The van der Waals surface area contributed by atoms with Crippen LogP contribution in [0.4, 0.5) is 0 Å². The van der Waals surface area contributed by atoms with Crippen molar-refractivity contribution in [2.45, 2.75) is 83.0 Å². The predicted molar refractivity (Wildman–Crippen MR) is 149 cm³/mol. The van der Waals surface area contributed by atoms with E-state index in [4.69, 9.17) is 5.73 Å². The Bertz CT molecular complexity index is 1320. The highest BCUT2D eigenvalue weighted by atomic mass is 16.3. The summed E-state index contributed by atoms with van der Waals surface area (Å²) < 4.78 is 0. The molecule has 0 radical (unpaired) electrons. The monoisotopic (exact) mass is 570 g/mol. The molecule has 3 aliphatic carbocycles. The van der Waals surface area contributed by atoms with E-state index in [1.54, 1.807) is 19.1 Å². The van der Waals surface area contributed by atoms with Gasteiger partial charge < -0.3 is 21.1 Å². The molecule has 41 heavy (non-hydrogen) atoms. The summed E-state index contributed by atoms with van der Waals surface area (Å²) in [5, 5.41) is 35.0. The van der Waals surface area contributed by atoms with Crippen LogP contribution in [0.1, 0.15) is 81.3 Å². The van der Waals surface area contributed by atoms with Gasteiger partial charge in [0.05, 0.1) is 29.5 Å². The van der Waals surface area contributed by atoms with Crippen molar-refractivity contribution in [1.29, 1.82) is 0 Å². The number of aliphatic hydroxyl groups excluding tert-OH is 1. The summed E-state index contributed by atoms with van der Waals surface area (Å²) >= 11 is 0. The number of fused-ring (bicyclic) bond motifs is 3. The molecule has 5 N–H and O–H groups in total. The molecule has 0 heterocycles. The Balaban J connectivity index is 1.86. The number of carbonyl (C=O) groups excluding carboxylic acids is 5. The summed E-state index contributed by atoms with van der Waals surface area (Å²) in [6.07, 6.45) is 1.01. The molecular formula is C31H42N2O8. The lowest BCUT2D eigenvalue weighted by Gasteiger charge is -2.56. The second kappa shape index (κ2) is 10.4. The van der Waals surface area contributed by atoms with Crippen LogP contribution in [0.5, 0.6) is 5.75 Å². The van der Waals surface area contributed by atoms with E-state index in [0.717, 1.165) is 19.3 Å². The molecule has 0 saturated heterocycles. The van der Waals surface area contributed by atoms with E-state index in [0.29, 0.717) is 17.0 Å². The van der Waals surface area contributed by atoms with Crippen LogP contribution in [0.2, 0.25) is 0 Å². The minimum Gasteiger partial charge on any atom is -0.507 e. The minimum atomic E-state index is -3.00. The van der Waals surface area contributed by atoms with Crippen molar-refractivity contribution < 1.29 is 39.3 Å². The van der Waals surface area contributed by atoms with Gasteiger partial charge >= 0.3 is 0 Å². The van der Waals surface area contributed by atoms with E-state index in [2.05, 4.69) is 13.8 Å².